The summed E-state index contributed by atoms with van der Waals surface area (Å²) in [7, 11) is 0. The Morgan fingerprint density at radius 2 is 1.90 bits per heavy atom. The third kappa shape index (κ3) is 6.02. The fraction of sp³-hybridized carbons (Fsp3) is 0.429. The van der Waals surface area contributed by atoms with E-state index < -0.39 is 11.8 Å². The van der Waals surface area contributed by atoms with Crippen LogP contribution in [0.25, 0.3) is 0 Å². The second kappa shape index (κ2) is 8.53. The molecule has 0 unspecified atom stereocenters. The second-order valence-corrected chi connectivity index (χ2v) is 4.85. The SMILES string of the molecule is O=C(O)CCCCCCNC(=O)c1ccc(F)cc1Cl. The van der Waals surface area contributed by atoms with Crippen LogP contribution in [0.1, 0.15) is 42.5 Å². The van der Waals surface area contributed by atoms with Crippen molar-refractivity contribution < 1.29 is 19.1 Å². The molecule has 0 saturated heterocycles. The first-order chi connectivity index (χ1) is 9.50. The van der Waals surface area contributed by atoms with Gasteiger partial charge >= 0.3 is 5.97 Å². The van der Waals surface area contributed by atoms with Crippen LogP contribution in [-0.4, -0.2) is 23.5 Å². The lowest BCUT2D eigenvalue weighted by Crippen LogP contribution is -2.24. The minimum absolute atomic E-state index is 0.0870. The summed E-state index contributed by atoms with van der Waals surface area (Å²) in [6, 6.07) is 3.63. The van der Waals surface area contributed by atoms with Crippen LogP contribution in [0.15, 0.2) is 18.2 Å². The maximum atomic E-state index is 12.8. The fourth-order valence-electron chi connectivity index (χ4n) is 1.73. The summed E-state index contributed by atoms with van der Waals surface area (Å²) in [5, 5.41) is 11.2. The Kier molecular flexibility index (Phi) is 7.01. The number of rotatable bonds is 8. The molecule has 0 atom stereocenters. The van der Waals surface area contributed by atoms with E-state index in [1.54, 1.807) is 0 Å². The first-order valence-electron chi connectivity index (χ1n) is 6.45. The number of aliphatic carboxylic acids is 1. The largest absolute Gasteiger partial charge is 0.481 e. The Hall–Kier alpha value is -1.62. The lowest BCUT2D eigenvalue weighted by atomic mass is 10.1. The number of carboxylic acid groups (broad SMARTS) is 1. The van der Waals surface area contributed by atoms with Gasteiger partial charge in [-0.1, -0.05) is 24.4 Å². The summed E-state index contributed by atoms with van der Waals surface area (Å²) in [6.07, 6.45) is 3.26. The molecule has 20 heavy (non-hydrogen) atoms. The van der Waals surface area contributed by atoms with Gasteiger partial charge in [0.1, 0.15) is 5.82 Å². The maximum absolute atomic E-state index is 12.8. The lowest BCUT2D eigenvalue weighted by Gasteiger charge is -2.06. The Bertz CT molecular complexity index is 479. The number of nitrogens with one attached hydrogen (secondary N) is 1. The number of carbonyl (C=O) groups excluding carboxylic acids is 1. The number of hydrogen-bond donors (Lipinski definition) is 2. The van der Waals surface area contributed by atoms with Crippen LogP contribution in [0.3, 0.4) is 0 Å². The predicted octanol–water partition coefficient (Wildman–Crippen LogP) is 3.24. The van der Waals surface area contributed by atoms with Crippen LogP contribution in [0.5, 0.6) is 0 Å². The Labute approximate surface area is 121 Å². The number of halogens is 2. The predicted molar refractivity (Wildman–Crippen MR) is 74.5 cm³/mol. The minimum Gasteiger partial charge on any atom is -0.481 e. The highest BCUT2D eigenvalue weighted by Crippen LogP contribution is 2.17. The Morgan fingerprint density at radius 3 is 2.55 bits per heavy atom. The monoisotopic (exact) mass is 301 g/mol. The lowest BCUT2D eigenvalue weighted by molar-refractivity contribution is -0.137. The van der Waals surface area contributed by atoms with Crippen molar-refractivity contribution in [1.82, 2.24) is 5.32 Å². The van der Waals surface area contributed by atoms with Crippen LogP contribution in [-0.2, 0) is 4.79 Å². The molecule has 0 saturated carbocycles. The molecule has 2 N–H and O–H groups in total. The van der Waals surface area contributed by atoms with E-state index in [9.17, 15) is 14.0 Å². The first-order valence-corrected chi connectivity index (χ1v) is 6.83. The third-order valence-corrected chi connectivity index (χ3v) is 3.09. The normalized spacial score (nSPS) is 10.3. The molecule has 4 nitrogen and oxygen atoms in total. The van der Waals surface area contributed by atoms with Crippen LogP contribution in [0.2, 0.25) is 5.02 Å². The van der Waals surface area contributed by atoms with E-state index in [2.05, 4.69) is 5.32 Å². The number of unbranched alkanes of at least 4 members (excludes halogenated alkanes) is 3. The molecule has 0 bridgehead atoms. The second-order valence-electron chi connectivity index (χ2n) is 4.44. The van der Waals surface area contributed by atoms with Gasteiger partial charge in [-0.25, -0.2) is 4.39 Å². The molecule has 0 fully saturated rings. The molecule has 1 rings (SSSR count). The minimum atomic E-state index is -0.788. The van der Waals surface area contributed by atoms with Gasteiger partial charge in [-0.3, -0.25) is 9.59 Å². The van der Waals surface area contributed by atoms with Crippen molar-refractivity contribution >= 4 is 23.5 Å². The van der Waals surface area contributed by atoms with E-state index in [1.807, 2.05) is 0 Å². The van der Waals surface area contributed by atoms with E-state index in [0.29, 0.717) is 13.0 Å². The molecular formula is C14H17ClFNO3. The molecule has 0 radical (unpaired) electrons. The zero-order chi connectivity index (χ0) is 15.0. The van der Waals surface area contributed by atoms with Gasteiger partial charge in [0.25, 0.3) is 5.91 Å². The van der Waals surface area contributed by atoms with Crippen molar-refractivity contribution in [3.8, 4) is 0 Å². The molecule has 0 aliphatic rings. The van der Waals surface area contributed by atoms with Gasteiger partial charge in [0, 0.05) is 13.0 Å². The molecular weight excluding hydrogens is 285 g/mol. The number of carboxylic acids is 1. The standard InChI is InChI=1S/C14H17ClFNO3/c15-12-9-10(16)6-7-11(12)14(20)17-8-4-2-1-3-5-13(18)19/h6-7,9H,1-5,8H2,(H,17,20)(H,18,19). The van der Waals surface area contributed by atoms with E-state index in [1.165, 1.54) is 12.1 Å². The fourth-order valence-corrected chi connectivity index (χ4v) is 1.98. The highest BCUT2D eigenvalue weighted by atomic mass is 35.5. The van der Waals surface area contributed by atoms with Crippen molar-refractivity contribution in [1.29, 1.82) is 0 Å². The highest BCUT2D eigenvalue weighted by Gasteiger charge is 2.10. The van der Waals surface area contributed by atoms with Crippen molar-refractivity contribution in [3.05, 3.63) is 34.6 Å². The van der Waals surface area contributed by atoms with E-state index >= 15 is 0 Å². The summed E-state index contributed by atoms with van der Waals surface area (Å²) in [5.41, 5.74) is 0.249. The molecule has 6 heteroatoms. The topological polar surface area (TPSA) is 66.4 Å². The number of benzene rings is 1. The summed E-state index contributed by atoms with van der Waals surface area (Å²) < 4.78 is 12.8. The molecule has 0 aliphatic heterocycles. The van der Waals surface area contributed by atoms with Crippen molar-refractivity contribution in [3.63, 3.8) is 0 Å². The van der Waals surface area contributed by atoms with Crippen LogP contribution >= 0.6 is 11.6 Å². The molecule has 110 valence electrons. The average molecular weight is 302 g/mol. The third-order valence-electron chi connectivity index (χ3n) is 2.78. The molecule has 1 aromatic carbocycles. The molecule has 0 spiro atoms. The van der Waals surface area contributed by atoms with Gasteiger partial charge in [-0.2, -0.15) is 0 Å². The zero-order valence-corrected chi connectivity index (χ0v) is 11.8. The van der Waals surface area contributed by atoms with Crippen LogP contribution < -0.4 is 5.32 Å². The van der Waals surface area contributed by atoms with Gasteiger partial charge in [0.15, 0.2) is 0 Å². The summed E-state index contributed by atoms with van der Waals surface area (Å²) in [4.78, 5) is 22.1. The molecule has 0 aliphatic carbocycles. The summed E-state index contributed by atoms with van der Waals surface area (Å²) >= 11 is 5.78. The average Bonchev–Trinajstić information content (AvgIpc) is 2.37. The highest BCUT2D eigenvalue weighted by molar-refractivity contribution is 6.33. The molecule has 0 heterocycles. The van der Waals surface area contributed by atoms with Gasteiger partial charge in [-0.05, 0) is 31.0 Å². The van der Waals surface area contributed by atoms with Crippen molar-refractivity contribution in [2.24, 2.45) is 0 Å². The van der Waals surface area contributed by atoms with Gasteiger partial charge < -0.3 is 10.4 Å². The maximum Gasteiger partial charge on any atom is 0.303 e. The first kappa shape index (κ1) is 16.4. The number of carbonyl (C=O) groups is 2. The Morgan fingerprint density at radius 1 is 1.20 bits per heavy atom. The summed E-state index contributed by atoms with van der Waals surface area (Å²) in [5.74, 6) is -1.60. The Balaban J connectivity index is 2.22. The van der Waals surface area contributed by atoms with E-state index in [-0.39, 0.29) is 22.9 Å². The smallest absolute Gasteiger partial charge is 0.303 e. The van der Waals surface area contributed by atoms with E-state index in [4.69, 9.17) is 16.7 Å². The van der Waals surface area contributed by atoms with Crippen LogP contribution in [0, 0.1) is 5.82 Å². The number of amides is 1. The van der Waals surface area contributed by atoms with E-state index in [0.717, 1.165) is 25.3 Å². The van der Waals surface area contributed by atoms with Crippen LogP contribution in [0.4, 0.5) is 4.39 Å². The van der Waals surface area contributed by atoms with Crippen molar-refractivity contribution in [2.45, 2.75) is 32.1 Å². The van der Waals surface area contributed by atoms with Gasteiger partial charge in [0.05, 0.1) is 10.6 Å². The summed E-state index contributed by atoms with van der Waals surface area (Å²) in [6.45, 7) is 0.486. The van der Waals surface area contributed by atoms with Gasteiger partial charge in [-0.15, -0.1) is 0 Å². The van der Waals surface area contributed by atoms with Crippen molar-refractivity contribution in [2.75, 3.05) is 6.54 Å². The molecule has 1 amide bonds. The number of hydrogen-bond acceptors (Lipinski definition) is 2. The quantitative estimate of drug-likeness (QED) is 0.724. The molecule has 1 aromatic rings. The molecule has 0 aromatic heterocycles. The zero-order valence-electron chi connectivity index (χ0n) is 11.0. The van der Waals surface area contributed by atoms with Gasteiger partial charge in [0.2, 0.25) is 0 Å².